The van der Waals surface area contributed by atoms with Gasteiger partial charge in [-0.05, 0) is 48.1 Å². The highest BCUT2D eigenvalue weighted by Gasteiger charge is 2.30. The van der Waals surface area contributed by atoms with Crippen molar-refractivity contribution in [1.29, 1.82) is 0 Å². The number of aromatic nitrogens is 1. The molecule has 0 N–H and O–H groups in total. The highest BCUT2D eigenvalue weighted by atomic mass is 31.2. The molecule has 46 heavy (non-hydrogen) atoms. The molecule has 7 aromatic carbocycles. The molecule has 1 aromatic heterocycles. The number of fused-ring (bicyclic) bond motifs is 3. The third-order valence-corrected chi connectivity index (χ3v) is 14.1. The largest absolute Gasteiger partial charge is 0.309 e. The van der Waals surface area contributed by atoms with Gasteiger partial charge in [0, 0.05) is 32.4 Å². The van der Waals surface area contributed by atoms with Gasteiger partial charge >= 0.3 is 0 Å². The Kier molecular flexibility index (Phi) is 7.47. The number of rotatable bonds is 7. The van der Waals surface area contributed by atoms with Crippen molar-refractivity contribution in [2.24, 2.45) is 0 Å². The Balaban J connectivity index is 1.40. The third kappa shape index (κ3) is 4.92. The summed E-state index contributed by atoms with van der Waals surface area (Å²) in [5.74, 6) is 0. The smallest absolute Gasteiger partial charge is 0.171 e. The van der Waals surface area contributed by atoms with Crippen molar-refractivity contribution in [1.82, 2.24) is 4.57 Å². The molecule has 8 rings (SSSR count). The van der Waals surface area contributed by atoms with Gasteiger partial charge < -0.3 is 9.13 Å². The molecule has 1 heterocycles. The van der Waals surface area contributed by atoms with Gasteiger partial charge in [-0.15, -0.1) is 0 Å². The molecule has 0 unspecified atom stereocenters. The van der Waals surface area contributed by atoms with Gasteiger partial charge in [-0.2, -0.15) is 0 Å². The normalized spacial score (nSPS) is 11.8. The first-order valence-electron chi connectivity index (χ1n) is 15.5. The lowest BCUT2D eigenvalue weighted by Crippen LogP contribution is -2.25. The molecule has 2 nitrogen and oxygen atoms in total. The molecule has 0 radical (unpaired) electrons. The zero-order valence-corrected chi connectivity index (χ0v) is 26.9. The van der Waals surface area contributed by atoms with Gasteiger partial charge in [0.15, 0.2) is 7.14 Å². The van der Waals surface area contributed by atoms with E-state index in [0.29, 0.717) is 0 Å². The number of benzene rings is 7. The maximum atomic E-state index is 15.4. The molecule has 0 saturated heterocycles. The molecule has 0 fully saturated rings. The molecule has 0 spiro atoms. The van der Waals surface area contributed by atoms with Gasteiger partial charge in [-0.3, -0.25) is 0 Å². The van der Waals surface area contributed by atoms with Crippen molar-refractivity contribution in [2.45, 2.75) is 0 Å². The Hall–Kier alpha value is -5.00. The Labute approximate surface area is 270 Å². The monoisotopic (exact) mass is 627 g/mol. The van der Waals surface area contributed by atoms with Crippen LogP contribution in [0, 0.1) is 0 Å². The summed E-state index contributed by atoms with van der Waals surface area (Å²) in [6, 6.07) is 65.4. The summed E-state index contributed by atoms with van der Waals surface area (Å²) in [5, 5.41) is 8.75. The Morgan fingerprint density at radius 1 is 0.391 bits per heavy atom. The standard InChI is InChI=1S/C42H31NOP2/c44-46(36-22-12-4-13-23-36,37-24-14-5-15-25-37)38-27-29-40-39-28-26-35(30-41(39)43(42(40)31-38)32-16-6-1-7-17-32)45(33-18-8-2-9-19-33)34-20-10-3-11-21-34/h1-31H. The van der Waals surface area contributed by atoms with Crippen molar-refractivity contribution < 1.29 is 4.57 Å². The molecule has 0 atom stereocenters. The van der Waals surface area contributed by atoms with Crippen LogP contribution < -0.4 is 31.8 Å². The summed E-state index contributed by atoms with van der Waals surface area (Å²) in [6.45, 7) is 0. The molecule has 0 bridgehead atoms. The predicted octanol–water partition coefficient (Wildman–Crippen LogP) is 8.18. The lowest BCUT2D eigenvalue weighted by atomic mass is 10.1. The minimum Gasteiger partial charge on any atom is -0.309 e. The lowest BCUT2D eigenvalue weighted by Gasteiger charge is -2.20. The van der Waals surface area contributed by atoms with E-state index >= 15 is 4.57 Å². The van der Waals surface area contributed by atoms with E-state index in [1.165, 1.54) is 21.3 Å². The lowest BCUT2D eigenvalue weighted by molar-refractivity contribution is 0.592. The van der Waals surface area contributed by atoms with Crippen LogP contribution >= 0.6 is 15.1 Å². The van der Waals surface area contributed by atoms with E-state index in [1.807, 2.05) is 60.7 Å². The SMILES string of the molecule is O=P(c1ccccc1)(c1ccccc1)c1ccc2c3ccc(P(c4ccccc4)c4ccccc4)cc3n(-c3ccccc3)c2c1. The maximum Gasteiger partial charge on any atom is 0.171 e. The fourth-order valence-electron chi connectivity index (χ4n) is 6.51. The highest BCUT2D eigenvalue weighted by Crippen LogP contribution is 2.44. The van der Waals surface area contributed by atoms with Gasteiger partial charge in [0.05, 0.1) is 11.0 Å². The van der Waals surface area contributed by atoms with Crippen LogP contribution in [0.4, 0.5) is 0 Å². The molecular weight excluding hydrogens is 596 g/mol. The predicted molar refractivity (Wildman–Crippen MR) is 199 cm³/mol. The zero-order chi connectivity index (χ0) is 30.9. The van der Waals surface area contributed by atoms with E-state index < -0.39 is 15.1 Å². The second kappa shape index (κ2) is 12.1. The first-order valence-corrected chi connectivity index (χ1v) is 18.5. The summed E-state index contributed by atoms with van der Waals surface area (Å²) >= 11 is 0. The van der Waals surface area contributed by atoms with Crippen molar-refractivity contribution >= 4 is 68.7 Å². The van der Waals surface area contributed by atoms with E-state index in [2.05, 4.69) is 132 Å². The molecule has 0 aliphatic heterocycles. The quantitative estimate of drug-likeness (QED) is 0.163. The second-order valence-electron chi connectivity index (χ2n) is 11.4. The summed E-state index contributed by atoms with van der Waals surface area (Å²) in [5.41, 5.74) is 3.27. The fraction of sp³-hybridized carbons (Fsp3) is 0. The Bertz CT molecular complexity index is 2240. The molecule has 0 amide bonds. The number of hydrogen-bond acceptors (Lipinski definition) is 1. The minimum absolute atomic E-state index is 0.773. The van der Waals surface area contributed by atoms with E-state index in [9.17, 15) is 0 Å². The van der Waals surface area contributed by atoms with Crippen LogP contribution in [0.25, 0.3) is 27.5 Å². The summed E-state index contributed by atoms with van der Waals surface area (Å²) < 4.78 is 17.7. The number of nitrogens with zero attached hydrogens (tertiary/aromatic N) is 1. The highest BCUT2D eigenvalue weighted by molar-refractivity contribution is 7.85. The summed E-state index contributed by atoms with van der Waals surface area (Å²) in [4.78, 5) is 0. The van der Waals surface area contributed by atoms with Crippen molar-refractivity contribution in [3.05, 3.63) is 188 Å². The fourth-order valence-corrected chi connectivity index (χ4v) is 11.5. The average Bonchev–Trinajstić information content (AvgIpc) is 3.46. The van der Waals surface area contributed by atoms with Gasteiger partial charge in [-0.1, -0.05) is 164 Å². The minimum atomic E-state index is -3.15. The van der Waals surface area contributed by atoms with E-state index in [4.69, 9.17) is 0 Å². The molecular formula is C42H31NOP2. The summed E-state index contributed by atoms with van der Waals surface area (Å²) in [7, 11) is -3.92. The van der Waals surface area contributed by atoms with Crippen LogP contribution in [0.15, 0.2) is 188 Å². The molecule has 220 valence electrons. The van der Waals surface area contributed by atoms with E-state index in [0.717, 1.165) is 38.0 Å². The molecule has 8 aromatic rings. The van der Waals surface area contributed by atoms with Crippen LogP contribution in [0.1, 0.15) is 0 Å². The molecule has 4 heteroatoms. The van der Waals surface area contributed by atoms with E-state index in [1.54, 1.807) is 0 Å². The van der Waals surface area contributed by atoms with Gasteiger partial charge in [0.2, 0.25) is 0 Å². The maximum absolute atomic E-state index is 15.4. The Morgan fingerprint density at radius 3 is 1.35 bits per heavy atom. The molecule has 0 aliphatic carbocycles. The number of hydrogen-bond donors (Lipinski definition) is 0. The first kappa shape index (κ1) is 28.5. The first-order chi connectivity index (χ1) is 22.7. The van der Waals surface area contributed by atoms with Gasteiger partial charge in [0.1, 0.15) is 0 Å². The Morgan fingerprint density at radius 2 is 0.826 bits per heavy atom. The topological polar surface area (TPSA) is 22.0 Å². The van der Waals surface area contributed by atoms with Crippen molar-refractivity contribution in [3.8, 4) is 5.69 Å². The average molecular weight is 628 g/mol. The van der Waals surface area contributed by atoms with Gasteiger partial charge in [0.25, 0.3) is 0 Å². The van der Waals surface area contributed by atoms with Crippen LogP contribution in [0.5, 0.6) is 0 Å². The van der Waals surface area contributed by atoms with Crippen LogP contribution in [0.2, 0.25) is 0 Å². The van der Waals surface area contributed by atoms with E-state index in [-0.39, 0.29) is 0 Å². The zero-order valence-electron chi connectivity index (χ0n) is 25.1. The van der Waals surface area contributed by atoms with Crippen molar-refractivity contribution in [3.63, 3.8) is 0 Å². The van der Waals surface area contributed by atoms with Crippen LogP contribution in [-0.4, -0.2) is 4.57 Å². The molecule has 0 aliphatic rings. The van der Waals surface area contributed by atoms with Crippen LogP contribution in [0.3, 0.4) is 0 Å². The third-order valence-electron chi connectivity index (χ3n) is 8.64. The second-order valence-corrected chi connectivity index (χ2v) is 16.3. The molecule has 0 saturated carbocycles. The number of para-hydroxylation sites is 1. The van der Waals surface area contributed by atoms with Crippen LogP contribution in [-0.2, 0) is 4.57 Å². The van der Waals surface area contributed by atoms with Gasteiger partial charge in [-0.25, -0.2) is 0 Å². The van der Waals surface area contributed by atoms with Crippen molar-refractivity contribution in [2.75, 3.05) is 0 Å². The summed E-state index contributed by atoms with van der Waals surface area (Å²) in [6.07, 6.45) is 0.